The summed E-state index contributed by atoms with van der Waals surface area (Å²) in [7, 11) is 0. The summed E-state index contributed by atoms with van der Waals surface area (Å²) < 4.78 is 5.28. The van der Waals surface area contributed by atoms with Crippen LogP contribution in [0.1, 0.15) is 64.6 Å². The van der Waals surface area contributed by atoms with Gasteiger partial charge in [0.05, 0.1) is 0 Å². The second kappa shape index (κ2) is 10.5. The van der Waals surface area contributed by atoms with Gasteiger partial charge in [-0.1, -0.05) is 18.2 Å². The van der Waals surface area contributed by atoms with Gasteiger partial charge < -0.3 is 25.4 Å². The van der Waals surface area contributed by atoms with Gasteiger partial charge in [-0.05, 0) is 59.9 Å². The minimum absolute atomic E-state index is 0.0274. The highest BCUT2D eigenvalue weighted by Gasteiger charge is 2.44. The summed E-state index contributed by atoms with van der Waals surface area (Å²) in [6, 6.07) is 2.76. The number of rotatable bonds is 8. The number of hydrogen-bond donors (Lipinski definition) is 4. The number of amides is 3. The molecule has 1 aliphatic rings. The lowest BCUT2D eigenvalue weighted by Gasteiger charge is -2.35. The minimum Gasteiger partial charge on any atom is -0.507 e. The van der Waals surface area contributed by atoms with E-state index in [0.717, 1.165) is 12.8 Å². The van der Waals surface area contributed by atoms with Crippen molar-refractivity contribution in [1.29, 1.82) is 0 Å². The number of aromatic hydroxyl groups is 1. The third kappa shape index (κ3) is 6.79. The van der Waals surface area contributed by atoms with Crippen LogP contribution in [0.15, 0.2) is 18.2 Å². The van der Waals surface area contributed by atoms with Gasteiger partial charge in [-0.15, -0.1) is 0 Å². The number of alkyl carbamates (subject to hydrolysis) is 1. The molecule has 3 N–H and O–H groups in total. The molecule has 0 bridgehead atoms. The first kappa shape index (κ1) is 25.8. The van der Waals surface area contributed by atoms with Crippen molar-refractivity contribution in [2.75, 3.05) is 5.75 Å². The number of thiol groups is 1. The number of carbonyl (C=O) groups is 3. The number of carbonyl (C=O) groups excluding carboxylic acids is 3. The number of phenolic OH excluding ortho intramolecular Hbond substituents is 1. The second-order valence-electron chi connectivity index (χ2n) is 9.44. The fourth-order valence-electron chi connectivity index (χ4n) is 3.37. The van der Waals surface area contributed by atoms with Crippen LogP contribution in [0.5, 0.6) is 5.75 Å². The van der Waals surface area contributed by atoms with Crippen LogP contribution in [-0.4, -0.2) is 57.4 Å². The van der Waals surface area contributed by atoms with Crippen LogP contribution < -0.4 is 10.6 Å². The van der Waals surface area contributed by atoms with Crippen molar-refractivity contribution in [1.82, 2.24) is 15.5 Å². The van der Waals surface area contributed by atoms with Crippen LogP contribution in [0.4, 0.5) is 4.79 Å². The second-order valence-corrected chi connectivity index (χ2v) is 9.80. The fourth-order valence-corrected chi connectivity index (χ4v) is 3.62. The van der Waals surface area contributed by atoms with Crippen LogP contribution in [0, 0.1) is 6.92 Å². The molecule has 0 heterocycles. The van der Waals surface area contributed by atoms with Crippen LogP contribution in [0.3, 0.4) is 0 Å². The quantitative estimate of drug-likeness (QED) is 0.441. The lowest BCUT2D eigenvalue weighted by molar-refractivity contribution is -0.143. The summed E-state index contributed by atoms with van der Waals surface area (Å²) in [6.07, 6.45) is 0.729. The molecule has 2 rings (SSSR count). The van der Waals surface area contributed by atoms with Crippen molar-refractivity contribution < 1.29 is 24.2 Å². The molecule has 32 heavy (non-hydrogen) atoms. The SMILES string of the molecule is Cc1cccc(C(C(=O)NC(C)C)N(C(=O)C(CS)NC(=O)OC(C)(C)C)C2CC2)c1O. The Morgan fingerprint density at radius 1 is 1.22 bits per heavy atom. The summed E-state index contributed by atoms with van der Waals surface area (Å²) in [5.74, 6) is -0.841. The number of nitrogens with one attached hydrogen (secondary N) is 2. The van der Waals surface area contributed by atoms with Gasteiger partial charge in [0.1, 0.15) is 23.4 Å². The molecule has 2 atom stereocenters. The molecule has 2 unspecified atom stereocenters. The smallest absolute Gasteiger partial charge is 0.408 e. The van der Waals surface area contributed by atoms with Crippen molar-refractivity contribution in [2.45, 2.75) is 84.2 Å². The minimum atomic E-state index is -1.04. The van der Waals surface area contributed by atoms with E-state index in [2.05, 4.69) is 23.3 Å². The van der Waals surface area contributed by atoms with Crippen LogP contribution in [0.2, 0.25) is 0 Å². The normalized spacial score (nSPS) is 15.6. The molecule has 1 aromatic carbocycles. The highest BCUT2D eigenvalue weighted by Crippen LogP contribution is 2.39. The largest absolute Gasteiger partial charge is 0.507 e. The van der Waals surface area contributed by atoms with E-state index in [1.54, 1.807) is 45.9 Å². The molecule has 0 aliphatic heterocycles. The number of ether oxygens (including phenoxy) is 1. The predicted molar refractivity (Wildman–Crippen MR) is 126 cm³/mol. The average Bonchev–Trinajstić information content (AvgIpc) is 3.49. The first-order valence-electron chi connectivity index (χ1n) is 10.9. The molecular formula is C23H35N3O5S. The monoisotopic (exact) mass is 465 g/mol. The average molecular weight is 466 g/mol. The number of para-hydroxylation sites is 1. The first-order valence-corrected chi connectivity index (χ1v) is 11.5. The first-order chi connectivity index (χ1) is 14.9. The lowest BCUT2D eigenvalue weighted by atomic mass is 9.99. The summed E-state index contributed by atoms with van der Waals surface area (Å²) in [5.41, 5.74) is 0.224. The molecule has 3 amide bonds. The van der Waals surface area contributed by atoms with E-state index in [1.807, 2.05) is 13.8 Å². The molecule has 0 spiro atoms. The molecule has 1 fully saturated rings. The summed E-state index contributed by atoms with van der Waals surface area (Å²) in [6.45, 7) is 10.6. The van der Waals surface area contributed by atoms with Crippen molar-refractivity contribution in [3.63, 3.8) is 0 Å². The number of aryl methyl sites for hydroxylation is 1. The maximum Gasteiger partial charge on any atom is 0.408 e. The molecule has 178 valence electrons. The molecule has 9 heteroatoms. The zero-order valence-corrected chi connectivity index (χ0v) is 20.5. The van der Waals surface area contributed by atoms with Gasteiger partial charge >= 0.3 is 6.09 Å². The van der Waals surface area contributed by atoms with Gasteiger partial charge in [-0.25, -0.2) is 4.79 Å². The zero-order valence-electron chi connectivity index (χ0n) is 19.6. The summed E-state index contributed by atoms with van der Waals surface area (Å²) in [4.78, 5) is 40.7. The summed E-state index contributed by atoms with van der Waals surface area (Å²) in [5, 5.41) is 16.2. The molecule has 0 aromatic heterocycles. The van der Waals surface area contributed by atoms with Gasteiger partial charge in [0, 0.05) is 23.4 Å². The van der Waals surface area contributed by atoms with E-state index in [4.69, 9.17) is 4.74 Å². The maximum atomic E-state index is 13.6. The van der Waals surface area contributed by atoms with Crippen molar-refractivity contribution in [3.8, 4) is 5.75 Å². The molecule has 0 radical (unpaired) electrons. The maximum absolute atomic E-state index is 13.6. The topological polar surface area (TPSA) is 108 Å². The standard InChI is InChI=1S/C23H35N3O5S/c1-13(2)24-20(28)18(16-9-7-8-14(3)19(16)27)26(15-10-11-15)21(29)17(12-32)25-22(30)31-23(4,5)6/h7-9,13,15,17-18,27,32H,10-12H2,1-6H3,(H,24,28)(H,25,30). The van der Waals surface area contributed by atoms with E-state index in [9.17, 15) is 19.5 Å². The van der Waals surface area contributed by atoms with E-state index >= 15 is 0 Å². The molecule has 1 saturated carbocycles. The van der Waals surface area contributed by atoms with Gasteiger partial charge in [0.15, 0.2) is 0 Å². The van der Waals surface area contributed by atoms with Gasteiger partial charge in [-0.2, -0.15) is 12.6 Å². The molecular weight excluding hydrogens is 430 g/mol. The van der Waals surface area contributed by atoms with E-state index in [-0.39, 0.29) is 23.6 Å². The fraction of sp³-hybridized carbons (Fsp3) is 0.609. The molecule has 1 aromatic rings. The van der Waals surface area contributed by atoms with E-state index < -0.39 is 35.6 Å². The summed E-state index contributed by atoms with van der Waals surface area (Å²) >= 11 is 4.26. The Kier molecular flexibility index (Phi) is 8.45. The number of benzene rings is 1. The Morgan fingerprint density at radius 2 is 1.84 bits per heavy atom. The third-order valence-electron chi connectivity index (χ3n) is 4.89. The van der Waals surface area contributed by atoms with Gasteiger partial charge in [0.2, 0.25) is 11.8 Å². The van der Waals surface area contributed by atoms with Crippen molar-refractivity contribution >= 4 is 30.5 Å². The highest BCUT2D eigenvalue weighted by atomic mass is 32.1. The van der Waals surface area contributed by atoms with Crippen LogP contribution in [-0.2, 0) is 14.3 Å². The zero-order chi connectivity index (χ0) is 24.2. The number of phenols is 1. The third-order valence-corrected chi connectivity index (χ3v) is 5.25. The van der Waals surface area contributed by atoms with Crippen LogP contribution in [0.25, 0.3) is 0 Å². The van der Waals surface area contributed by atoms with E-state index in [0.29, 0.717) is 11.1 Å². The molecule has 0 saturated heterocycles. The van der Waals surface area contributed by atoms with Crippen LogP contribution >= 0.6 is 12.6 Å². The van der Waals surface area contributed by atoms with Gasteiger partial charge in [0.25, 0.3) is 0 Å². The lowest BCUT2D eigenvalue weighted by Crippen LogP contribution is -2.55. The Labute approximate surface area is 195 Å². The number of hydrogen-bond acceptors (Lipinski definition) is 6. The Morgan fingerprint density at radius 3 is 2.34 bits per heavy atom. The highest BCUT2D eigenvalue weighted by molar-refractivity contribution is 7.80. The number of nitrogens with zero attached hydrogens (tertiary/aromatic N) is 1. The van der Waals surface area contributed by atoms with Crippen molar-refractivity contribution in [3.05, 3.63) is 29.3 Å². The predicted octanol–water partition coefficient (Wildman–Crippen LogP) is 3.08. The molecule has 1 aliphatic carbocycles. The van der Waals surface area contributed by atoms with Crippen molar-refractivity contribution in [2.24, 2.45) is 0 Å². The molecule has 8 nitrogen and oxygen atoms in total. The Bertz CT molecular complexity index is 849. The van der Waals surface area contributed by atoms with Gasteiger partial charge in [-0.3, -0.25) is 9.59 Å². The Hall–Kier alpha value is -2.42. The Balaban J connectivity index is 2.43. The van der Waals surface area contributed by atoms with E-state index in [1.165, 1.54) is 4.90 Å².